The van der Waals surface area contributed by atoms with E-state index in [4.69, 9.17) is 0 Å². The summed E-state index contributed by atoms with van der Waals surface area (Å²) in [6.45, 7) is 7.04. The molecule has 0 saturated heterocycles. The van der Waals surface area contributed by atoms with Gasteiger partial charge in [0.1, 0.15) is 0 Å². The highest BCUT2D eigenvalue weighted by Crippen LogP contribution is 2.36. The Labute approximate surface area is 65.0 Å². The van der Waals surface area contributed by atoms with Crippen LogP contribution in [0.15, 0.2) is 0 Å². The molecule has 0 heterocycles. The lowest BCUT2D eigenvalue weighted by atomic mass is 9.72. The predicted molar refractivity (Wildman–Crippen MR) is 45.7 cm³/mol. The Morgan fingerprint density at radius 2 is 1.90 bits per heavy atom. The van der Waals surface area contributed by atoms with Crippen LogP contribution in [0, 0.1) is 17.8 Å². The second kappa shape index (κ2) is 2.94. The lowest BCUT2D eigenvalue weighted by Gasteiger charge is -2.33. The van der Waals surface area contributed by atoms with E-state index in [2.05, 4.69) is 27.2 Å². The molecule has 59 valence electrons. The minimum Gasteiger partial charge on any atom is -0.0599 e. The Bertz CT molecular complexity index is 91.1. The highest BCUT2D eigenvalue weighted by Gasteiger charge is 2.25. The zero-order valence-electron chi connectivity index (χ0n) is 7.48. The van der Waals surface area contributed by atoms with Gasteiger partial charge in [-0.3, -0.25) is 0 Å². The average Bonchev–Trinajstić information content (AvgIpc) is 1.88. The Morgan fingerprint density at radius 1 is 1.20 bits per heavy atom. The van der Waals surface area contributed by atoms with Crippen LogP contribution >= 0.6 is 0 Å². The first-order chi connectivity index (χ1) is 4.61. The molecule has 1 saturated carbocycles. The van der Waals surface area contributed by atoms with E-state index in [0.29, 0.717) is 5.41 Å². The fourth-order valence-corrected chi connectivity index (χ4v) is 1.73. The van der Waals surface area contributed by atoms with Crippen molar-refractivity contribution in [3.63, 3.8) is 0 Å². The van der Waals surface area contributed by atoms with E-state index in [1.54, 1.807) is 0 Å². The van der Waals surface area contributed by atoms with E-state index >= 15 is 0 Å². The molecule has 1 fully saturated rings. The molecule has 1 radical (unpaired) electrons. The molecule has 1 rings (SSSR count). The van der Waals surface area contributed by atoms with Crippen molar-refractivity contribution in [2.24, 2.45) is 11.3 Å². The van der Waals surface area contributed by atoms with Crippen molar-refractivity contribution in [2.75, 3.05) is 0 Å². The van der Waals surface area contributed by atoms with Crippen LogP contribution in [-0.4, -0.2) is 0 Å². The normalized spacial score (nSPS) is 23.1. The van der Waals surface area contributed by atoms with E-state index in [1.807, 2.05) is 0 Å². The van der Waals surface area contributed by atoms with Crippen LogP contribution in [0.3, 0.4) is 0 Å². The minimum absolute atomic E-state index is 0.514. The van der Waals surface area contributed by atoms with E-state index < -0.39 is 0 Å². The molecule has 0 N–H and O–H groups in total. The first kappa shape index (κ1) is 8.10. The first-order valence-electron chi connectivity index (χ1n) is 4.44. The smallest absolute Gasteiger partial charge is 0.0334 e. The molecule has 1 unspecified atom stereocenters. The van der Waals surface area contributed by atoms with Crippen LogP contribution in [0.5, 0.6) is 0 Å². The zero-order chi connectivity index (χ0) is 7.61. The standard InChI is InChI=1S/C10H19/c1-10(2,3)9-7-5-4-6-8-9/h7,9H,4-6,8H2,1-3H3. The minimum atomic E-state index is 0.514. The number of rotatable bonds is 0. The van der Waals surface area contributed by atoms with E-state index in [9.17, 15) is 0 Å². The summed E-state index contributed by atoms with van der Waals surface area (Å²) in [7, 11) is 0. The molecule has 1 aliphatic carbocycles. The summed E-state index contributed by atoms with van der Waals surface area (Å²) in [5, 5.41) is 0. The molecule has 0 aliphatic heterocycles. The second-order valence-electron chi connectivity index (χ2n) is 4.49. The third-order valence-corrected chi connectivity index (χ3v) is 2.53. The molecule has 0 bridgehead atoms. The number of hydrogen-bond acceptors (Lipinski definition) is 0. The van der Waals surface area contributed by atoms with Crippen LogP contribution in [-0.2, 0) is 0 Å². The van der Waals surface area contributed by atoms with E-state index in [0.717, 1.165) is 5.92 Å². The largest absolute Gasteiger partial charge is 0.0599 e. The summed E-state index contributed by atoms with van der Waals surface area (Å²) in [6.07, 6.45) is 8.15. The van der Waals surface area contributed by atoms with Gasteiger partial charge in [-0.25, -0.2) is 0 Å². The molecule has 0 aromatic carbocycles. The first-order valence-corrected chi connectivity index (χ1v) is 4.44. The Morgan fingerprint density at radius 3 is 2.20 bits per heavy atom. The van der Waals surface area contributed by atoms with Gasteiger partial charge in [-0.1, -0.05) is 33.6 Å². The molecule has 1 atom stereocenters. The maximum absolute atomic E-state index is 2.52. The van der Waals surface area contributed by atoms with Gasteiger partial charge in [-0.2, -0.15) is 0 Å². The maximum atomic E-state index is 2.52. The molecule has 1 aliphatic rings. The summed E-state index contributed by atoms with van der Waals surface area (Å²) in [5.74, 6) is 0.876. The van der Waals surface area contributed by atoms with E-state index in [1.165, 1.54) is 25.7 Å². The molecule has 0 heteroatoms. The van der Waals surface area contributed by atoms with Crippen LogP contribution in [0.2, 0.25) is 0 Å². The zero-order valence-corrected chi connectivity index (χ0v) is 7.48. The SMILES string of the molecule is CC(C)(C)C1[CH]CCCC1. The molecule has 0 nitrogen and oxygen atoms in total. The Hall–Kier alpha value is 0. The molecule has 0 spiro atoms. The van der Waals surface area contributed by atoms with Crippen molar-refractivity contribution in [3.05, 3.63) is 6.42 Å². The van der Waals surface area contributed by atoms with Gasteiger partial charge < -0.3 is 0 Å². The Balaban J connectivity index is 2.39. The van der Waals surface area contributed by atoms with Gasteiger partial charge in [0.25, 0.3) is 0 Å². The van der Waals surface area contributed by atoms with Gasteiger partial charge in [0, 0.05) is 0 Å². The molecule has 10 heavy (non-hydrogen) atoms. The van der Waals surface area contributed by atoms with Crippen LogP contribution in [0.25, 0.3) is 0 Å². The monoisotopic (exact) mass is 139 g/mol. The second-order valence-corrected chi connectivity index (χ2v) is 4.49. The van der Waals surface area contributed by atoms with Gasteiger partial charge >= 0.3 is 0 Å². The lowest BCUT2D eigenvalue weighted by Crippen LogP contribution is -2.23. The summed E-state index contributed by atoms with van der Waals surface area (Å²) in [5.41, 5.74) is 0.514. The summed E-state index contributed by atoms with van der Waals surface area (Å²) in [4.78, 5) is 0. The van der Waals surface area contributed by atoms with Crippen molar-refractivity contribution >= 4 is 0 Å². The van der Waals surface area contributed by atoms with Crippen molar-refractivity contribution in [3.8, 4) is 0 Å². The van der Waals surface area contributed by atoms with Crippen LogP contribution < -0.4 is 0 Å². The van der Waals surface area contributed by atoms with E-state index in [-0.39, 0.29) is 0 Å². The van der Waals surface area contributed by atoms with Crippen molar-refractivity contribution in [1.29, 1.82) is 0 Å². The third-order valence-electron chi connectivity index (χ3n) is 2.53. The average molecular weight is 139 g/mol. The summed E-state index contributed by atoms with van der Waals surface area (Å²) < 4.78 is 0. The lowest BCUT2D eigenvalue weighted by molar-refractivity contribution is 0.231. The van der Waals surface area contributed by atoms with Gasteiger partial charge in [0.2, 0.25) is 0 Å². The molecular weight excluding hydrogens is 120 g/mol. The molecule has 0 aromatic rings. The number of hydrogen-bond donors (Lipinski definition) is 0. The molecular formula is C10H19. The fourth-order valence-electron chi connectivity index (χ4n) is 1.73. The van der Waals surface area contributed by atoms with Gasteiger partial charge in [-0.05, 0) is 30.6 Å². The van der Waals surface area contributed by atoms with Crippen LogP contribution in [0.4, 0.5) is 0 Å². The van der Waals surface area contributed by atoms with Crippen molar-refractivity contribution in [2.45, 2.75) is 46.5 Å². The van der Waals surface area contributed by atoms with Crippen molar-refractivity contribution < 1.29 is 0 Å². The van der Waals surface area contributed by atoms with Crippen LogP contribution in [0.1, 0.15) is 46.5 Å². The quantitative estimate of drug-likeness (QED) is 0.482. The molecule has 0 aromatic heterocycles. The van der Waals surface area contributed by atoms with Gasteiger partial charge in [0.05, 0.1) is 0 Å². The topological polar surface area (TPSA) is 0 Å². The predicted octanol–water partition coefficient (Wildman–Crippen LogP) is 3.43. The van der Waals surface area contributed by atoms with Gasteiger partial charge in [-0.15, -0.1) is 0 Å². The Kier molecular flexibility index (Phi) is 2.38. The highest BCUT2D eigenvalue weighted by atomic mass is 14.3. The molecule has 0 amide bonds. The fraction of sp³-hybridized carbons (Fsp3) is 0.900. The summed E-state index contributed by atoms with van der Waals surface area (Å²) >= 11 is 0. The van der Waals surface area contributed by atoms with Crippen molar-refractivity contribution in [1.82, 2.24) is 0 Å². The van der Waals surface area contributed by atoms with Gasteiger partial charge in [0.15, 0.2) is 0 Å². The maximum Gasteiger partial charge on any atom is -0.0334 e. The third kappa shape index (κ3) is 2.00. The highest BCUT2D eigenvalue weighted by molar-refractivity contribution is 4.88. The summed E-state index contributed by atoms with van der Waals surface area (Å²) in [6, 6.07) is 0.